The van der Waals surface area contributed by atoms with Crippen LogP contribution >= 0.6 is 0 Å². The molecule has 1 aromatic heterocycles. The molecule has 0 radical (unpaired) electrons. The number of amides is 1. The molecule has 2 saturated heterocycles. The molecule has 0 saturated carbocycles. The molecule has 6 nitrogen and oxygen atoms in total. The first-order valence-electron chi connectivity index (χ1n) is 9.30. The second-order valence-corrected chi connectivity index (χ2v) is 7.27. The maximum atomic E-state index is 12.7. The highest BCUT2D eigenvalue weighted by atomic mass is 16.5. The lowest BCUT2D eigenvalue weighted by Crippen LogP contribution is -2.52. The van der Waals surface area contributed by atoms with Crippen LogP contribution in [0.2, 0.25) is 0 Å². The van der Waals surface area contributed by atoms with Crippen molar-refractivity contribution in [2.24, 2.45) is 0 Å². The fraction of sp³-hybridized carbons (Fsp3) is 0.500. The number of aromatic nitrogens is 1. The normalized spacial score (nSPS) is 20.2. The molecule has 2 aromatic rings. The SMILES string of the molecule is Cc1cccc(C)c1OCc1cc(C(=O)N2CCN3CCC[C@@H]3C2)no1. The van der Waals surface area contributed by atoms with Crippen molar-refractivity contribution >= 4 is 5.91 Å². The van der Waals surface area contributed by atoms with Gasteiger partial charge in [0.25, 0.3) is 5.91 Å². The molecule has 0 spiro atoms. The Morgan fingerprint density at radius 1 is 1.27 bits per heavy atom. The molecular weight excluding hydrogens is 330 g/mol. The summed E-state index contributed by atoms with van der Waals surface area (Å²) < 4.78 is 11.2. The molecule has 4 rings (SSSR count). The van der Waals surface area contributed by atoms with Crippen LogP contribution in [0.15, 0.2) is 28.8 Å². The van der Waals surface area contributed by atoms with Crippen molar-refractivity contribution in [2.75, 3.05) is 26.2 Å². The molecule has 0 unspecified atom stereocenters. The summed E-state index contributed by atoms with van der Waals surface area (Å²) in [5, 5.41) is 3.97. The van der Waals surface area contributed by atoms with Crippen LogP contribution < -0.4 is 4.74 Å². The molecule has 138 valence electrons. The average Bonchev–Trinajstić information content (AvgIpc) is 3.29. The van der Waals surface area contributed by atoms with Gasteiger partial charge in [0.15, 0.2) is 11.5 Å². The lowest BCUT2D eigenvalue weighted by atomic mass is 10.1. The monoisotopic (exact) mass is 355 g/mol. The molecule has 6 heteroatoms. The van der Waals surface area contributed by atoms with Crippen molar-refractivity contribution < 1.29 is 14.1 Å². The van der Waals surface area contributed by atoms with Crippen molar-refractivity contribution in [3.8, 4) is 5.75 Å². The minimum Gasteiger partial charge on any atom is -0.485 e. The maximum Gasteiger partial charge on any atom is 0.276 e. The largest absolute Gasteiger partial charge is 0.485 e. The number of carbonyl (C=O) groups excluding carboxylic acids is 1. The summed E-state index contributed by atoms with van der Waals surface area (Å²) in [6.07, 6.45) is 2.41. The Morgan fingerprint density at radius 3 is 2.88 bits per heavy atom. The van der Waals surface area contributed by atoms with Crippen LogP contribution in [0, 0.1) is 13.8 Å². The Labute approximate surface area is 153 Å². The number of nitrogens with zero attached hydrogens (tertiary/aromatic N) is 3. The first-order chi connectivity index (χ1) is 12.6. The Hall–Kier alpha value is -2.34. The van der Waals surface area contributed by atoms with Crippen LogP contribution in [-0.2, 0) is 6.61 Å². The molecule has 2 aliphatic rings. The van der Waals surface area contributed by atoms with Crippen molar-refractivity contribution in [1.82, 2.24) is 15.0 Å². The Balaban J connectivity index is 1.39. The summed E-state index contributed by atoms with van der Waals surface area (Å²) in [5.74, 6) is 1.38. The predicted octanol–water partition coefficient (Wildman–Crippen LogP) is 2.79. The number of benzene rings is 1. The summed E-state index contributed by atoms with van der Waals surface area (Å²) in [5.41, 5.74) is 2.53. The molecule has 1 aromatic carbocycles. The molecule has 3 heterocycles. The first-order valence-corrected chi connectivity index (χ1v) is 9.30. The molecule has 2 aliphatic heterocycles. The van der Waals surface area contributed by atoms with Gasteiger partial charge in [0.05, 0.1) is 0 Å². The van der Waals surface area contributed by atoms with Gasteiger partial charge in [0, 0.05) is 31.7 Å². The predicted molar refractivity (Wildman–Crippen MR) is 97.2 cm³/mol. The number of rotatable bonds is 4. The number of carbonyl (C=O) groups is 1. The van der Waals surface area contributed by atoms with Gasteiger partial charge in [0.2, 0.25) is 0 Å². The van der Waals surface area contributed by atoms with Crippen LogP contribution in [0.4, 0.5) is 0 Å². The van der Waals surface area contributed by atoms with Gasteiger partial charge in [0.1, 0.15) is 12.4 Å². The summed E-state index contributed by atoms with van der Waals surface area (Å²) in [7, 11) is 0. The molecule has 2 fully saturated rings. The van der Waals surface area contributed by atoms with E-state index in [1.54, 1.807) is 6.07 Å². The Kier molecular flexibility index (Phi) is 4.68. The minimum absolute atomic E-state index is 0.0429. The van der Waals surface area contributed by atoms with Crippen molar-refractivity contribution in [3.05, 3.63) is 46.8 Å². The maximum absolute atomic E-state index is 12.7. The van der Waals surface area contributed by atoms with E-state index in [0.29, 0.717) is 17.5 Å². The van der Waals surface area contributed by atoms with Gasteiger partial charge in [-0.2, -0.15) is 0 Å². The van der Waals surface area contributed by atoms with Gasteiger partial charge in [-0.25, -0.2) is 0 Å². The highest BCUT2D eigenvalue weighted by molar-refractivity contribution is 5.92. The zero-order chi connectivity index (χ0) is 18.1. The van der Waals surface area contributed by atoms with Gasteiger partial charge in [-0.1, -0.05) is 23.4 Å². The van der Waals surface area contributed by atoms with E-state index in [4.69, 9.17) is 9.26 Å². The lowest BCUT2D eigenvalue weighted by molar-refractivity contribution is 0.0561. The molecule has 0 aliphatic carbocycles. The number of aryl methyl sites for hydroxylation is 2. The van der Waals surface area contributed by atoms with Gasteiger partial charge in [-0.05, 0) is 44.4 Å². The van der Waals surface area contributed by atoms with Gasteiger partial charge in [-0.3, -0.25) is 9.69 Å². The van der Waals surface area contributed by atoms with Crippen LogP contribution in [0.1, 0.15) is 40.2 Å². The molecule has 0 N–H and O–H groups in total. The lowest BCUT2D eigenvalue weighted by Gasteiger charge is -2.37. The third-order valence-corrected chi connectivity index (χ3v) is 5.42. The minimum atomic E-state index is -0.0429. The van der Waals surface area contributed by atoms with Crippen LogP contribution in [0.3, 0.4) is 0 Å². The van der Waals surface area contributed by atoms with E-state index in [2.05, 4.69) is 10.1 Å². The summed E-state index contributed by atoms with van der Waals surface area (Å²) in [4.78, 5) is 17.1. The third kappa shape index (κ3) is 3.33. The fourth-order valence-electron chi connectivity index (χ4n) is 3.99. The van der Waals surface area contributed by atoms with E-state index in [1.165, 1.54) is 12.8 Å². The van der Waals surface area contributed by atoms with Crippen molar-refractivity contribution in [2.45, 2.75) is 39.3 Å². The summed E-state index contributed by atoms with van der Waals surface area (Å²) >= 11 is 0. The van der Waals surface area contributed by atoms with E-state index < -0.39 is 0 Å². The standard InChI is InChI=1S/C20H25N3O3/c1-14-5-3-6-15(2)19(14)25-13-17-11-18(21-26-17)20(24)23-10-9-22-8-4-7-16(22)12-23/h3,5-6,11,16H,4,7-10,12-13H2,1-2H3/t16-/m1/s1. The van der Waals surface area contributed by atoms with Crippen LogP contribution in [0.5, 0.6) is 5.75 Å². The van der Waals surface area contributed by atoms with Crippen LogP contribution in [0.25, 0.3) is 0 Å². The Bertz CT molecular complexity index is 781. The highest BCUT2D eigenvalue weighted by Crippen LogP contribution is 2.24. The van der Waals surface area contributed by atoms with E-state index >= 15 is 0 Å². The molecule has 0 bridgehead atoms. The zero-order valence-electron chi connectivity index (χ0n) is 15.4. The second-order valence-electron chi connectivity index (χ2n) is 7.27. The smallest absolute Gasteiger partial charge is 0.276 e. The highest BCUT2D eigenvalue weighted by Gasteiger charge is 2.33. The second kappa shape index (κ2) is 7.11. The van der Waals surface area contributed by atoms with Gasteiger partial charge < -0.3 is 14.2 Å². The molecule has 26 heavy (non-hydrogen) atoms. The number of hydrogen-bond acceptors (Lipinski definition) is 5. The molecular formula is C20H25N3O3. The number of fused-ring (bicyclic) bond motifs is 1. The number of ether oxygens (including phenoxy) is 1. The topological polar surface area (TPSA) is 58.8 Å². The quantitative estimate of drug-likeness (QED) is 0.844. The van der Waals surface area contributed by atoms with E-state index in [9.17, 15) is 4.79 Å². The molecule has 1 atom stereocenters. The third-order valence-electron chi connectivity index (χ3n) is 5.42. The van der Waals surface area contributed by atoms with Crippen molar-refractivity contribution in [3.63, 3.8) is 0 Å². The van der Waals surface area contributed by atoms with E-state index in [0.717, 1.165) is 43.1 Å². The number of piperazine rings is 1. The summed E-state index contributed by atoms with van der Waals surface area (Å²) in [6, 6.07) is 8.25. The fourth-order valence-corrected chi connectivity index (χ4v) is 3.99. The number of hydrogen-bond donors (Lipinski definition) is 0. The first kappa shape index (κ1) is 17.1. The Morgan fingerprint density at radius 2 is 2.08 bits per heavy atom. The van der Waals surface area contributed by atoms with Gasteiger partial charge in [-0.15, -0.1) is 0 Å². The molecule has 1 amide bonds. The number of para-hydroxylation sites is 1. The van der Waals surface area contributed by atoms with E-state index in [1.807, 2.05) is 36.9 Å². The summed E-state index contributed by atoms with van der Waals surface area (Å²) in [6.45, 7) is 7.96. The average molecular weight is 355 g/mol. The zero-order valence-corrected chi connectivity index (χ0v) is 15.4. The van der Waals surface area contributed by atoms with Gasteiger partial charge >= 0.3 is 0 Å². The van der Waals surface area contributed by atoms with Crippen LogP contribution in [-0.4, -0.2) is 53.1 Å². The van der Waals surface area contributed by atoms with E-state index in [-0.39, 0.29) is 12.5 Å². The van der Waals surface area contributed by atoms with Crippen molar-refractivity contribution in [1.29, 1.82) is 0 Å².